The number of benzene rings is 1. The summed E-state index contributed by atoms with van der Waals surface area (Å²) in [5.74, 6) is 0. The molecule has 17 heavy (non-hydrogen) atoms. The van der Waals surface area contributed by atoms with Crippen molar-refractivity contribution in [3.63, 3.8) is 0 Å². The summed E-state index contributed by atoms with van der Waals surface area (Å²) in [6, 6.07) is 4.69. The second-order valence-corrected chi connectivity index (χ2v) is 4.79. The summed E-state index contributed by atoms with van der Waals surface area (Å²) in [6.07, 6.45) is 1.36. The number of non-ortho nitro benzene ring substituents is 1. The molecule has 0 N–H and O–H groups in total. The van der Waals surface area contributed by atoms with Gasteiger partial charge >= 0.3 is 0 Å². The molecule has 2 heterocycles. The summed E-state index contributed by atoms with van der Waals surface area (Å²) in [5, 5.41) is 11.8. The van der Waals surface area contributed by atoms with Gasteiger partial charge in [0.15, 0.2) is 0 Å². The first kappa shape index (κ1) is 10.4. The Labute approximate surface area is 104 Å². The molecule has 0 aliphatic rings. The van der Waals surface area contributed by atoms with Crippen molar-refractivity contribution in [3.8, 4) is 0 Å². The van der Waals surface area contributed by atoms with Crippen LogP contribution < -0.4 is 0 Å². The third-order valence-electron chi connectivity index (χ3n) is 2.40. The van der Waals surface area contributed by atoms with Gasteiger partial charge in [-0.2, -0.15) is 0 Å². The van der Waals surface area contributed by atoms with Crippen LogP contribution in [0.25, 0.3) is 20.3 Å². The Bertz CT molecular complexity index is 756. The molecule has 0 spiro atoms. The monoisotopic (exact) mass is 265 g/mol. The van der Waals surface area contributed by atoms with E-state index in [-0.39, 0.29) is 5.69 Å². The number of rotatable bonds is 1. The van der Waals surface area contributed by atoms with E-state index in [0.29, 0.717) is 10.7 Å². The van der Waals surface area contributed by atoms with Gasteiger partial charge in [-0.25, -0.2) is 9.97 Å². The van der Waals surface area contributed by atoms with Crippen molar-refractivity contribution in [1.82, 2.24) is 9.97 Å². The van der Waals surface area contributed by atoms with Crippen LogP contribution in [0.1, 0.15) is 0 Å². The molecule has 2 aromatic heterocycles. The van der Waals surface area contributed by atoms with Crippen LogP contribution in [0, 0.1) is 10.1 Å². The second kappa shape index (κ2) is 3.61. The summed E-state index contributed by atoms with van der Waals surface area (Å²) in [5.41, 5.74) is 0.709. The second-order valence-electron chi connectivity index (χ2n) is 3.38. The summed E-state index contributed by atoms with van der Waals surface area (Å²) in [6.45, 7) is 0. The fourth-order valence-electron chi connectivity index (χ4n) is 1.65. The number of hydrogen-bond donors (Lipinski definition) is 0. The highest BCUT2D eigenvalue weighted by Gasteiger charge is 2.13. The number of hydrogen-bond acceptors (Lipinski definition) is 5. The predicted octanol–water partition coefficient (Wildman–Crippen LogP) is 3.41. The van der Waals surface area contributed by atoms with E-state index in [9.17, 15) is 10.1 Å². The van der Waals surface area contributed by atoms with Crippen molar-refractivity contribution in [3.05, 3.63) is 39.8 Å². The molecule has 0 saturated carbocycles. The van der Waals surface area contributed by atoms with Crippen LogP contribution in [0.4, 0.5) is 5.69 Å². The summed E-state index contributed by atoms with van der Waals surface area (Å²) < 4.78 is 1.66. The molecule has 0 saturated heterocycles. The zero-order valence-electron chi connectivity index (χ0n) is 8.25. The summed E-state index contributed by atoms with van der Waals surface area (Å²) >= 11 is 7.39. The fraction of sp³-hybridized carbons (Fsp3) is 0. The van der Waals surface area contributed by atoms with Gasteiger partial charge in [-0.15, -0.1) is 11.3 Å². The first-order valence-corrected chi connectivity index (χ1v) is 5.83. The minimum Gasteiger partial charge on any atom is -0.258 e. The molecular weight excluding hydrogens is 262 g/mol. The van der Waals surface area contributed by atoms with E-state index in [1.54, 1.807) is 6.07 Å². The standard InChI is InChI=1S/C10H4ClN3O2S/c11-10-9-8(12-4-13-10)6-3-5(14(15)16)1-2-7(6)17-9/h1-4H. The third kappa shape index (κ3) is 1.53. The van der Waals surface area contributed by atoms with Crippen LogP contribution in [-0.4, -0.2) is 14.9 Å². The number of halogens is 1. The molecule has 3 rings (SSSR count). The minimum atomic E-state index is -0.425. The van der Waals surface area contributed by atoms with E-state index < -0.39 is 4.92 Å². The van der Waals surface area contributed by atoms with Crippen LogP contribution >= 0.6 is 22.9 Å². The number of thiophene rings is 1. The third-order valence-corrected chi connectivity index (χ3v) is 3.97. The Morgan fingerprint density at radius 2 is 2.18 bits per heavy atom. The lowest BCUT2D eigenvalue weighted by atomic mass is 10.2. The molecule has 0 bridgehead atoms. The van der Waals surface area contributed by atoms with Crippen molar-refractivity contribution < 1.29 is 4.92 Å². The molecule has 0 amide bonds. The SMILES string of the molecule is O=[N+]([O-])c1ccc2sc3c(Cl)ncnc3c2c1. The zero-order valence-corrected chi connectivity index (χ0v) is 9.83. The zero-order chi connectivity index (χ0) is 12.0. The molecule has 5 nitrogen and oxygen atoms in total. The molecule has 0 atom stereocenters. The Morgan fingerprint density at radius 1 is 1.35 bits per heavy atom. The molecular formula is C10H4ClN3O2S. The highest BCUT2D eigenvalue weighted by Crippen LogP contribution is 2.36. The molecule has 3 aromatic rings. The fourth-order valence-corrected chi connectivity index (χ4v) is 2.92. The van der Waals surface area contributed by atoms with E-state index in [1.165, 1.54) is 29.8 Å². The van der Waals surface area contributed by atoms with Crippen molar-refractivity contribution in [1.29, 1.82) is 0 Å². The molecule has 0 aliphatic carbocycles. The topological polar surface area (TPSA) is 68.9 Å². The summed E-state index contributed by atoms with van der Waals surface area (Å²) in [7, 11) is 0. The van der Waals surface area contributed by atoms with Crippen molar-refractivity contribution in [2.24, 2.45) is 0 Å². The largest absolute Gasteiger partial charge is 0.270 e. The van der Waals surface area contributed by atoms with E-state index in [1.807, 2.05) is 0 Å². The van der Waals surface area contributed by atoms with Crippen molar-refractivity contribution in [2.45, 2.75) is 0 Å². The molecule has 1 aromatic carbocycles. The lowest BCUT2D eigenvalue weighted by Crippen LogP contribution is -1.86. The molecule has 0 fully saturated rings. The highest BCUT2D eigenvalue weighted by atomic mass is 35.5. The average molecular weight is 266 g/mol. The number of fused-ring (bicyclic) bond motifs is 3. The van der Waals surface area contributed by atoms with Crippen LogP contribution in [0.2, 0.25) is 5.15 Å². The van der Waals surface area contributed by atoms with Gasteiger partial charge < -0.3 is 0 Å². The van der Waals surface area contributed by atoms with Crippen LogP contribution in [-0.2, 0) is 0 Å². The number of aromatic nitrogens is 2. The Kier molecular flexibility index (Phi) is 2.20. The van der Waals surface area contributed by atoms with Crippen LogP contribution in [0.5, 0.6) is 0 Å². The smallest absolute Gasteiger partial charge is 0.258 e. The van der Waals surface area contributed by atoms with Crippen molar-refractivity contribution >= 4 is 48.9 Å². The lowest BCUT2D eigenvalue weighted by Gasteiger charge is -1.92. The Morgan fingerprint density at radius 3 is 2.94 bits per heavy atom. The van der Waals surface area contributed by atoms with Gasteiger partial charge in [-0.05, 0) is 6.07 Å². The van der Waals surface area contributed by atoms with Gasteiger partial charge in [0.25, 0.3) is 5.69 Å². The average Bonchev–Trinajstić information content (AvgIpc) is 2.68. The van der Waals surface area contributed by atoms with E-state index in [0.717, 1.165) is 14.8 Å². The quantitative estimate of drug-likeness (QED) is 0.384. The molecule has 7 heteroatoms. The van der Waals surface area contributed by atoms with E-state index in [2.05, 4.69) is 9.97 Å². The summed E-state index contributed by atoms with van der Waals surface area (Å²) in [4.78, 5) is 18.3. The molecule has 0 unspecified atom stereocenters. The Hall–Kier alpha value is -1.79. The Balaban J connectivity index is 2.46. The van der Waals surface area contributed by atoms with Gasteiger partial charge in [-0.1, -0.05) is 11.6 Å². The van der Waals surface area contributed by atoms with E-state index >= 15 is 0 Å². The highest BCUT2D eigenvalue weighted by molar-refractivity contribution is 7.26. The number of nitro groups is 1. The molecule has 0 aliphatic heterocycles. The van der Waals surface area contributed by atoms with Gasteiger partial charge in [-0.3, -0.25) is 10.1 Å². The normalized spacial score (nSPS) is 11.1. The maximum absolute atomic E-state index is 10.7. The van der Waals surface area contributed by atoms with Crippen LogP contribution in [0.15, 0.2) is 24.5 Å². The number of nitrogens with zero attached hydrogens (tertiary/aromatic N) is 3. The lowest BCUT2D eigenvalue weighted by molar-refractivity contribution is -0.384. The van der Waals surface area contributed by atoms with Gasteiger partial charge in [0.05, 0.1) is 15.1 Å². The maximum atomic E-state index is 10.7. The molecule has 84 valence electrons. The first-order valence-electron chi connectivity index (χ1n) is 4.64. The van der Waals surface area contributed by atoms with Gasteiger partial charge in [0, 0.05) is 22.2 Å². The van der Waals surface area contributed by atoms with Crippen molar-refractivity contribution in [2.75, 3.05) is 0 Å². The van der Waals surface area contributed by atoms with Gasteiger partial charge in [0.2, 0.25) is 0 Å². The first-order chi connectivity index (χ1) is 8.16. The van der Waals surface area contributed by atoms with Gasteiger partial charge in [0.1, 0.15) is 11.5 Å². The molecule has 0 radical (unpaired) electrons. The minimum absolute atomic E-state index is 0.0481. The maximum Gasteiger partial charge on any atom is 0.270 e. The predicted molar refractivity (Wildman–Crippen MR) is 66.6 cm³/mol. The van der Waals surface area contributed by atoms with E-state index in [4.69, 9.17) is 11.6 Å². The van der Waals surface area contributed by atoms with Crippen LogP contribution in [0.3, 0.4) is 0 Å². The number of nitro benzene ring substituents is 1.